The van der Waals surface area contributed by atoms with E-state index >= 15 is 0 Å². The van der Waals surface area contributed by atoms with Gasteiger partial charge in [-0.1, -0.05) is 77.8 Å². The highest BCUT2D eigenvalue weighted by Gasteiger charge is 2.45. The summed E-state index contributed by atoms with van der Waals surface area (Å²) in [5.74, 6) is -4.82. The molecule has 2 N–H and O–H groups in total. The van der Waals surface area contributed by atoms with Crippen LogP contribution in [0.3, 0.4) is 0 Å². The molecular weight excluding hydrogens is 879 g/mol. The Kier molecular flexibility index (Phi) is 22.5. The largest absolute Gasteiger partial charge is 0.480 e. The summed E-state index contributed by atoms with van der Waals surface area (Å²) in [4.78, 5) is 113. The predicted octanol–water partition coefficient (Wildman–Crippen LogP) is 5.24. The van der Waals surface area contributed by atoms with E-state index < -0.39 is 59.6 Å². The Labute approximate surface area is 403 Å². The van der Waals surface area contributed by atoms with Gasteiger partial charge in [0.2, 0.25) is 35.4 Å². The number of thioether (sulfide) groups is 1. The lowest BCUT2D eigenvalue weighted by atomic mass is 9.82. The molecule has 16 nitrogen and oxygen atoms in total. The van der Waals surface area contributed by atoms with Gasteiger partial charge in [0, 0.05) is 73.0 Å². The second-order valence-corrected chi connectivity index (χ2v) is 20.3. The van der Waals surface area contributed by atoms with Crippen LogP contribution in [0.15, 0.2) is 30.3 Å². The van der Waals surface area contributed by atoms with E-state index in [1.165, 1.54) is 35.8 Å². The van der Waals surface area contributed by atoms with Crippen LogP contribution in [-0.4, -0.2) is 161 Å². The minimum absolute atomic E-state index is 0.0625. The van der Waals surface area contributed by atoms with Gasteiger partial charge >= 0.3 is 5.97 Å². The number of ether oxygens (including phenoxy) is 2. The number of carboxylic acid groups (broad SMARTS) is 1. The van der Waals surface area contributed by atoms with E-state index in [0.29, 0.717) is 51.6 Å². The Hall–Kier alpha value is -4.35. The number of carbonyl (C=O) groups excluding carboxylic acids is 7. The number of Topliss-reactive ketones (excluding diaryl/α,β-unsaturated/α-hetero) is 1. The van der Waals surface area contributed by atoms with Crippen LogP contribution < -0.4 is 5.32 Å². The summed E-state index contributed by atoms with van der Waals surface area (Å²) in [7, 11) is 6.28. The Balaban J connectivity index is 1.68. The lowest BCUT2D eigenvalue weighted by Gasteiger charge is -2.41. The number of nitrogens with zero attached hydrogens (tertiary/aromatic N) is 4. The van der Waals surface area contributed by atoms with Crippen molar-refractivity contribution in [2.75, 3.05) is 47.7 Å². The molecule has 17 heteroatoms. The molecule has 2 saturated heterocycles. The molecule has 2 aliphatic heterocycles. The molecule has 2 fully saturated rings. The zero-order valence-corrected chi connectivity index (χ0v) is 42.9. The van der Waals surface area contributed by atoms with Crippen LogP contribution in [0.5, 0.6) is 0 Å². The third-order valence-corrected chi connectivity index (χ3v) is 15.3. The Morgan fingerprint density at radius 3 is 2.16 bits per heavy atom. The van der Waals surface area contributed by atoms with E-state index in [1.807, 2.05) is 40.0 Å². The highest BCUT2D eigenvalue weighted by Crippen LogP contribution is 2.32. The summed E-state index contributed by atoms with van der Waals surface area (Å²) in [6, 6.07) is 6.88. The van der Waals surface area contributed by atoms with Gasteiger partial charge in [0.05, 0.1) is 47.4 Å². The third kappa shape index (κ3) is 14.8. The van der Waals surface area contributed by atoms with Crippen molar-refractivity contribution in [3.8, 4) is 0 Å². The Morgan fingerprint density at radius 2 is 1.61 bits per heavy atom. The van der Waals surface area contributed by atoms with Gasteiger partial charge in [-0.3, -0.25) is 38.5 Å². The highest BCUT2D eigenvalue weighted by atomic mass is 32.2. The van der Waals surface area contributed by atoms with E-state index in [-0.39, 0.29) is 84.5 Å². The minimum Gasteiger partial charge on any atom is -0.480 e. The SMILES string of the molecule is CC[C@H](C)[C@@H]([C@@H](CC(=O)N1CCC[C@H]1[C@H](OC)[C@@H](C)C(=O)N[C@@H](Cc1ccccc1)C(=O)O)OC)N(C)C(=O)[C@@H](CC(=O)C(C)(C)N(C)C(=O)CCCCCN1C(=O)CC(SC)C1=O)C(C)C. The van der Waals surface area contributed by atoms with E-state index in [0.717, 1.165) is 5.56 Å². The van der Waals surface area contributed by atoms with E-state index in [4.69, 9.17) is 9.47 Å². The van der Waals surface area contributed by atoms with Gasteiger partial charge in [-0.2, -0.15) is 11.8 Å². The third-order valence-electron chi connectivity index (χ3n) is 14.3. The summed E-state index contributed by atoms with van der Waals surface area (Å²) in [6.07, 6.45) is 4.37. The number of hydrogen-bond donors (Lipinski definition) is 2. The second-order valence-electron chi connectivity index (χ2n) is 19.3. The van der Waals surface area contributed by atoms with Gasteiger partial charge < -0.3 is 34.6 Å². The molecule has 3 rings (SSSR count). The van der Waals surface area contributed by atoms with E-state index in [2.05, 4.69) is 5.32 Å². The lowest BCUT2D eigenvalue weighted by Crippen LogP contribution is -2.55. The molecule has 0 bridgehead atoms. The molecule has 9 atom stereocenters. The van der Waals surface area contributed by atoms with Gasteiger partial charge in [0.25, 0.3) is 0 Å². The summed E-state index contributed by atoms with van der Waals surface area (Å²) in [5, 5.41) is 12.3. The van der Waals surface area contributed by atoms with Crippen molar-refractivity contribution in [3.63, 3.8) is 0 Å². The number of methoxy groups -OCH3 is 2. The number of amides is 6. The van der Waals surface area contributed by atoms with E-state index in [9.17, 15) is 43.5 Å². The standard InChI is InChI=1S/C50H79N5O11S/c1-13-32(4)44(38(65-10)29-42(58)54-26-20-23-37(54)45(66-11)33(5)46(60)51-36(49(63)64)27-34-21-16-14-17-22-34)52(8)47(61)35(31(2)3)28-40(56)50(6,7)53(9)41(57)24-18-15-19-25-55-43(59)30-39(67-12)48(55)62/h14,16-17,21-22,31-33,35-39,44-45H,13,15,18-20,23-30H2,1-12H3,(H,51,60)(H,63,64)/t32-,33+,35-,36-,37-,38+,39?,44-,45+/m0/s1. The number of benzene rings is 1. The van der Waals surface area contributed by atoms with Crippen LogP contribution in [0.4, 0.5) is 0 Å². The molecule has 2 heterocycles. The van der Waals surface area contributed by atoms with Crippen LogP contribution >= 0.6 is 11.8 Å². The van der Waals surface area contributed by atoms with Crippen molar-refractivity contribution >= 4 is 59.0 Å². The zero-order valence-electron chi connectivity index (χ0n) is 42.1. The lowest BCUT2D eigenvalue weighted by molar-refractivity contribution is -0.150. The molecule has 0 aliphatic carbocycles. The molecule has 1 aromatic carbocycles. The number of aliphatic carboxylic acids is 1. The molecule has 6 amide bonds. The van der Waals surface area contributed by atoms with Crippen LogP contribution in [0, 0.1) is 23.7 Å². The maximum atomic E-state index is 14.6. The number of unbranched alkanes of at least 4 members (excludes halogenated alkanes) is 2. The Morgan fingerprint density at radius 1 is 0.955 bits per heavy atom. The maximum absolute atomic E-state index is 14.6. The molecule has 2 aliphatic rings. The predicted molar refractivity (Wildman–Crippen MR) is 258 cm³/mol. The number of likely N-dealkylation sites (tertiary alicyclic amines) is 2. The first-order chi connectivity index (χ1) is 31.6. The summed E-state index contributed by atoms with van der Waals surface area (Å²) >= 11 is 1.37. The number of carboxylic acids is 1. The fourth-order valence-electron chi connectivity index (χ4n) is 9.44. The average molecular weight is 958 g/mol. The number of ketones is 1. The maximum Gasteiger partial charge on any atom is 0.326 e. The van der Waals surface area contributed by atoms with Crippen molar-refractivity contribution in [1.29, 1.82) is 0 Å². The van der Waals surface area contributed by atoms with Gasteiger partial charge in [-0.05, 0) is 63.2 Å². The molecule has 67 heavy (non-hydrogen) atoms. The number of imide groups is 1. The molecule has 0 saturated carbocycles. The molecule has 0 aromatic heterocycles. The fourth-order valence-corrected chi connectivity index (χ4v) is 10.1. The Bertz CT molecular complexity index is 1860. The van der Waals surface area contributed by atoms with Crippen LogP contribution in [-0.2, 0) is 54.3 Å². The van der Waals surface area contributed by atoms with Crippen molar-refractivity contribution in [2.24, 2.45) is 23.7 Å². The van der Waals surface area contributed by atoms with Gasteiger partial charge in [0.1, 0.15) is 6.04 Å². The smallest absolute Gasteiger partial charge is 0.326 e. The van der Waals surface area contributed by atoms with Crippen molar-refractivity contribution in [1.82, 2.24) is 24.9 Å². The topological polar surface area (TPSA) is 200 Å². The number of likely N-dealkylation sites (N-methyl/N-ethyl adjacent to an activating group) is 2. The number of hydrogen-bond acceptors (Lipinski definition) is 11. The first-order valence-corrected chi connectivity index (χ1v) is 25.2. The van der Waals surface area contributed by atoms with E-state index in [1.54, 1.807) is 68.9 Å². The molecule has 0 radical (unpaired) electrons. The molecular formula is C50H79N5O11S. The average Bonchev–Trinajstić information content (AvgIpc) is 3.89. The van der Waals surface area contributed by atoms with Gasteiger partial charge in [0.15, 0.2) is 5.78 Å². The minimum atomic E-state index is -1.22. The first-order valence-electron chi connectivity index (χ1n) is 23.9. The van der Waals surface area contributed by atoms with Crippen LogP contribution in [0.1, 0.15) is 118 Å². The monoisotopic (exact) mass is 958 g/mol. The fraction of sp³-hybridized carbons (Fsp3) is 0.720. The van der Waals surface area contributed by atoms with Crippen molar-refractivity contribution in [3.05, 3.63) is 35.9 Å². The summed E-state index contributed by atoms with van der Waals surface area (Å²) in [6.45, 7) is 13.6. The molecule has 1 unspecified atom stereocenters. The summed E-state index contributed by atoms with van der Waals surface area (Å²) in [5.41, 5.74) is -0.450. The van der Waals surface area contributed by atoms with Crippen LogP contribution in [0.25, 0.3) is 0 Å². The second kappa shape index (κ2) is 26.4. The van der Waals surface area contributed by atoms with Crippen molar-refractivity contribution in [2.45, 2.75) is 160 Å². The molecule has 0 spiro atoms. The number of carbonyl (C=O) groups is 8. The van der Waals surface area contributed by atoms with Crippen LogP contribution in [0.2, 0.25) is 0 Å². The molecule has 376 valence electrons. The quantitative estimate of drug-likeness (QED) is 0.0820. The zero-order chi connectivity index (χ0) is 50.3. The van der Waals surface area contributed by atoms with Gasteiger partial charge in [-0.15, -0.1) is 0 Å². The summed E-state index contributed by atoms with van der Waals surface area (Å²) < 4.78 is 11.9. The highest BCUT2D eigenvalue weighted by molar-refractivity contribution is 8.00. The number of nitrogens with one attached hydrogen (secondary N) is 1. The molecule has 1 aromatic rings. The van der Waals surface area contributed by atoms with Gasteiger partial charge in [-0.25, -0.2) is 4.79 Å². The normalized spacial score (nSPS) is 19.7. The van der Waals surface area contributed by atoms with Crippen molar-refractivity contribution < 1.29 is 52.9 Å². The first kappa shape index (κ1) is 57.0. The number of rotatable bonds is 28.